The Morgan fingerprint density at radius 2 is 1.50 bits per heavy atom. The molecule has 1 rings (SSSR count). The van der Waals surface area contributed by atoms with E-state index in [-0.39, 0.29) is 72.3 Å². The van der Waals surface area contributed by atoms with Crippen LogP contribution in [0, 0.1) is 0 Å². The first-order valence-electron chi connectivity index (χ1n) is 3.18. The van der Waals surface area contributed by atoms with E-state index in [9.17, 15) is 9.90 Å². The van der Waals surface area contributed by atoms with Gasteiger partial charge in [-0.15, -0.1) is 0 Å². The molecule has 1 aliphatic rings. The Morgan fingerprint density at radius 1 is 1.15 bits per heavy atom. The Bertz CT molecular complexity index is 262. The Morgan fingerprint density at radius 3 is 1.70 bits per heavy atom. The minimum atomic E-state index is -1.46. The quantitative estimate of drug-likeness (QED) is 0.205. The standard InChI is InChI=1S/C6H8O6.2ClH.Co.5H3N/c7-1-2(8)5-3(9)4(10)6(11)12-5;;;;;;;;/h2,5,7-10H,1H2;2*1H;;5*1H3/q;;;+3;;;;;/p-3. The summed E-state index contributed by atoms with van der Waals surface area (Å²) in [6.45, 7) is -0.699. The summed E-state index contributed by atoms with van der Waals surface area (Å²) in [5.74, 6) is -3.25. The molecule has 0 fully saturated rings. The fraction of sp³-hybridized carbons (Fsp3) is 0.500. The molecule has 1 heterocycles. The molecule has 0 aromatic carbocycles. The number of rotatable bonds is 2. The maximum atomic E-state index is 10.6. The van der Waals surface area contributed by atoms with Crippen LogP contribution in [-0.4, -0.2) is 40.1 Å². The molecule has 0 aliphatic carbocycles. The number of halogens is 2. The number of esters is 1. The van der Waals surface area contributed by atoms with Crippen molar-refractivity contribution in [2.24, 2.45) is 0 Å². The van der Waals surface area contributed by atoms with Crippen LogP contribution < -0.4 is 60.7 Å². The van der Waals surface area contributed by atoms with Gasteiger partial charge < -0.3 is 80.7 Å². The Kier molecular flexibility index (Phi) is 52.7. The maximum absolute atomic E-state index is 10.6. The molecule has 0 amide bonds. The molecule has 130 valence electrons. The number of aliphatic hydroxyl groups excluding tert-OH is 3. The summed E-state index contributed by atoms with van der Waals surface area (Å²) in [5, 5.41) is 36.8. The van der Waals surface area contributed by atoms with Crippen molar-refractivity contribution in [3.8, 4) is 0 Å². The third-order valence-corrected chi connectivity index (χ3v) is 1.46. The van der Waals surface area contributed by atoms with Crippen molar-refractivity contribution < 1.29 is 71.6 Å². The van der Waals surface area contributed by atoms with Gasteiger partial charge in [-0.2, -0.15) is 0 Å². The van der Waals surface area contributed by atoms with Gasteiger partial charge in [-0.3, -0.25) is 0 Å². The topological polar surface area (TPSA) is 285 Å². The zero-order chi connectivity index (χ0) is 9.30. The molecular weight excluding hydrogens is 368 g/mol. The van der Waals surface area contributed by atoms with Gasteiger partial charge in [0.15, 0.2) is 6.10 Å². The summed E-state index contributed by atoms with van der Waals surface area (Å²) in [6, 6.07) is 0. The van der Waals surface area contributed by atoms with Crippen LogP contribution in [0.3, 0.4) is 0 Å². The second kappa shape index (κ2) is 20.9. The van der Waals surface area contributed by atoms with Crippen molar-refractivity contribution in [1.29, 1.82) is 0 Å². The predicted octanol–water partition coefficient (Wildman–Crippen LogP) is -7.79. The number of hydrogen-bond acceptors (Lipinski definition) is 11. The zero-order valence-corrected chi connectivity index (χ0v) is 13.1. The molecule has 20 heavy (non-hydrogen) atoms. The molecule has 2 unspecified atom stereocenters. The van der Waals surface area contributed by atoms with Crippen LogP contribution in [0.2, 0.25) is 0 Å². The molecule has 0 spiro atoms. The van der Waals surface area contributed by atoms with Crippen LogP contribution in [0.15, 0.2) is 11.5 Å². The molecule has 0 radical (unpaired) electrons. The van der Waals surface area contributed by atoms with Crippen molar-refractivity contribution in [2.45, 2.75) is 12.2 Å². The Balaban J connectivity index is -0.0000000300. The molecule has 0 aromatic rings. The van der Waals surface area contributed by atoms with Gasteiger partial charge in [0.25, 0.3) is 0 Å². The van der Waals surface area contributed by atoms with Crippen LogP contribution >= 0.6 is 0 Å². The van der Waals surface area contributed by atoms with Gasteiger partial charge in [0.2, 0.25) is 0 Å². The maximum Gasteiger partial charge on any atom is 3.00 e. The number of carbonyl (C=O) groups excluding carboxylic acids is 1. The van der Waals surface area contributed by atoms with Gasteiger partial charge in [-0.25, -0.2) is 4.79 Å². The van der Waals surface area contributed by atoms with Gasteiger partial charge in [0.05, 0.1) is 6.61 Å². The summed E-state index contributed by atoms with van der Waals surface area (Å²) in [5.41, 5.74) is 0. The van der Waals surface area contributed by atoms with E-state index in [0.29, 0.717) is 0 Å². The minimum Gasteiger partial charge on any atom is -1.00 e. The average molecular weight is 390 g/mol. The van der Waals surface area contributed by atoms with E-state index in [1.165, 1.54) is 0 Å². The summed E-state index contributed by atoms with van der Waals surface area (Å²) in [7, 11) is 0. The van der Waals surface area contributed by atoms with Crippen LogP contribution in [0.4, 0.5) is 0 Å². The van der Waals surface area contributed by atoms with Gasteiger partial charge in [-0.1, -0.05) is 0 Å². The second-order valence-electron chi connectivity index (χ2n) is 2.29. The van der Waals surface area contributed by atoms with Crippen LogP contribution in [0.1, 0.15) is 0 Å². The molecule has 1 aliphatic heterocycles. The van der Waals surface area contributed by atoms with E-state index in [1.807, 2.05) is 0 Å². The van der Waals surface area contributed by atoms with Gasteiger partial charge in [0, 0.05) is 5.76 Å². The second-order valence-corrected chi connectivity index (χ2v) is 2.29. The molecule has 11 nitrogen and oxygen atoms in total. The normalized spacial score (nSPS) is 15.5. The molecule has 14 heteroatoms. The number of ether oxygens (including phenoxy) is 1. The summed E-state index contributed by atoms with van der Waals surface area (Å²) in [4.78, 5) is 10.5. The fourth-order valence-electron chi connectivity index (χ4n) is 0.815. The summed E-state index contributed by atoms with van der Waals surface area (Å²) >= 11 is 0. The zero-order valence-electron chi connectivity index (χ0n) is 10.6. The van der Waals surface area contributed by atoms with Crippen molar-refractivity contribution in [3.05, 3.63) is 11.5 Å². The number of hydrogen-bond donors (Lipinski definition) is 8. The van der Waals surface area contributed by atoms with Crippen molar-refractivity contribution in [3.63, 3.8) is 0 Å². The minimum absolute atomic E-state index is 0. The third kappa shape index (κ3) is 10.4. The van der Waals surface area contributed by atoms with E-state index < -0.39 is 36.3 Å². The molecule has 0 saturated heterocycles. The molecule has 0 saturated carbocycles. The van der Waals surface area contributed by atoms with Crippen molar-refractivity contribution in [2.75, 3.05) is 6.61 Å². The summed E-state index contributed by atoms with van der Waals surface area (Å²) < 4.78 is 4.25. The van der Waals surface area contributed by atoms with Crippen LogP contribution in [-0.2, 0) is 26.3 Å². The van der Waals surface area contributed by atoms with Crippen LogP contribution in [0.5, 0.6) is 0 Å². The molecule has 0 aromatic heterocycles. The van der Waals surface area contributed by atoms with Gasteiger partial charge >= 0.3 is 22.7 Å². The van der Waals surface area contributed by atoms with E-state index in [1.54, 1.807) is 0 Å². The molecule has 18 N–H and O–H groups in total. The molecule has 2 atom stereocenters. The van der Waals surface area contributed by atoms with E-state index >= 15 is 0 Å². The average Bonchev–Trinajstić information content (AvgIpc) is 2.32. The third-order valence-electron chi connectivity index (χ3n) is 1.46. The smallest absolute Gasteiger partial charge is 1.00 e. The monoisotopic (exact) mass is 389 g/mol. The van der Waals surface area contributed by atoms with E-state index in [0.717, 1.165) is 0 Å². The van der Waals surface area contributed by atoms with Crippen molar-refractivity contribution >= 4 is 5.97 Å². The Labute approximate surface area is 139 Å². The number of aliphatic hydroxyl groups is 3. The van der Waals surface area contributed by atoms with E-state index in [2.05, 4.69) is 4.74 Å². The number of carbonyl (C=O) groups is 1. The predicted molar refractivity (Wildman–Crippen MR) is 57.7 cm³/mol. The first-order chi connectivity index (χ1) is 5.57. The largest absolute Gasteiger partial charge is 3.00 e. The number of cyclic esters (lactones) is 1. The van der Waals surface area contributed by atoms with E-state index in [4.69, 9.17) is 15.3 Å². The van der Waals surface area contributed by atoms with Gasteiger partial charge in [-0.05, 0) is 0 Å². The molecule has 0 bridgehead atoms. The van der Waals surface area contributed by atoms with Crippen LogP contribution in [0.25, 0.3) is 0 Å². The first kappa shape index (κ1) is 50.4. The SMILES string of the molecule is N.N.N.N.N.O=C1OC(C(O)CO)C(O)=C1[O-].[Cl-].[Cl-].[Co+3]. The Hall–Kier alpha value is -0.384. The molecular formula is C6H22Cl2CoN5O6. The fourth-order valence-corrected chi connectivity index (χ4v) is 0.815. The van der Waals surface area contributed by atoms with Gasteiger partial charge in [0.1, 0.15) is 11.9 Å². The first-order valence-corrected chi connectivity index (χ1v) is 3.18. The van der Waals surface area contributed by atoms with Crippen molar-refractivity contribution in [1.82, 2.24) is 30.8 Å². The summed E-state index contributed by atoms with van der Waals surface area (Å²) in [6.07, 6.45) is -2.88.